The molecule has 10 nitrogen and oxygen atoms in total. The van der Waals surface area contributed by atoms with Gasteiger partial charge in [0.1, 0.15) is 20.0 Å². The van der Waals surface area contributed by atoms with E-state index in [1.807, 2.05) is 0 Å². The maximum absolute atomic E-state index is 6.76. The van der Waals surface area contributed by atoms with E-state index >= 15 is 0 Å². The molecule has 0 spiro atoms. The molecule has 2 aromatic heterocycles. The number of benzene rings is 3. The minimum absolute atomic E-state index is 0.632. The van der Waals surface area contributed by atoms with E-state index in [1.54, 1.807) is 22.7 Å². The van der Waals surface area contributed by atoms with Crippen LogP contribution >= 0.6 is 22.7 Å². The average Bonchev–Trinajstić information content (AvgIpc) is 1.52. The smallest absolute Gasteiger partial charge is 0.203 e. The number of hydrogen-bond acceptors (Lipinski definition) is 12. The van der Waals surface area contributed by atoms with Crippen LogP contribution in [-0.2, 0) is 0 Å². The molecule has 0 atom stereocenters. The number of ether oxygens (including phenoxy) is 6. The normalized spacial score (nSPS) is 11.5. The summed E-state index contributed by atoms with van der Waals surface area (Å²) >= 11 is 3.17. The first-order valence-corrected chi connectivity index (χ1v) is 41.1. The SMILES string of the molecule is CCCCCCCCCCOc1cc(-c2nnc(-c3cccc(-c4nnc(-c5cc(OCCCCCCCCCC)c(OCCCCCCCCCC)c(OCCCCCCCCCC)c5)s4)c3)s2)cc(OCCCCCCCCCC)c1OCCCCCCCCCC. The first-order valence-electron chi connectivity index (χ1n) is 39.4. The van der Waals surface area contributed by atoms with E-state index in [2.05, 4.69) is 90.1 Å². The molecular formula is C82H134N4O6S2. The third-order valence-corrected chi connectivity index (χ3v) is 20.3. The van der Waals surface area contributed by atoms with Gasteiger partial charge in [0, 0.05) is 22.3 Å². The molecule has 0 amide bonds. The van der Waals surface area contributed by atoms with Gasteiger partial charge in [0.2, 0.25) is 11.5 Å². The first-order chi connectivity index (χ1) is 46.5. The van der Waals surface area contributed by atoms with Crippen LogP contribution in [0.5, 0.6) is 34.5 Å². The summed E-state index contributed by atoms with van der Waals surface area (Å²) in [5.74, 6) is 4.40. The second kappa shape index (κ2) is 54.6. The van der Waals surface area contributed by atoms with Crippen molar-refractivity contribution in [3.8, 4) is 76.8 Å². The number of rotatable bonds is 64. The van der Waals surface area contributed by atoms with Crippen molar-refractivity contribution < 1.29 is 28.4 Å². The van der Waals surface area contributed by atoms with Gasteiger partial charge >= 0.3 is 0 Å². The number of unbranched alkanes of at least 4 members (excludes halogenated alkanes) is 42. The summed E-state index contributed by atoms with van der Waals surface area (Å²) in [7, 11) is 0. The topological polar surface area (TPSA) is 107 Å². The van der Waals surface area contributed by atoms with Gasteiger partial charge in [-0.1, -0.05) is 352 Å². The molecule has 0 N–H and O–H groups in total. The molecule has 0 aliphatic heterocycles. The van der Waals surface area contributed by atoms with Gasteiger partial charge < -0.3 is 28.4 Å². The van der Waals surface area contributed by atoms with Gasteiger partial charge in [0.05, 0.1) is 39.6 Å². The van der Waals surface area contributed by atoms with E-state index in [0.29, 0.717) is 39.6 Å². The van der Waals surface area contributed by atoms with Crippen LogP contribution in [-0.4, -0.2) is 60.0 Å². The van der Waals surface area contributed by atoms with E-state index in [9.17, 15) is 0 Å². The Morgan fingerprint density at radius 3 is 0.638 bits per heavy atom. The third kappa shape index (κ3) is 34.7. The minimum atomic E-state index is 0.632. The Bertz CT molecular complexity index is 2350. The summed E-state index contributed by atoms with van der Waals surface area (Å²) < 4.78 is 40.5. The summed E-state index contributed by atoms with van der Waals surface area (Å²) in [6.07, 6.45) is 59.8. The average molecular weight is 1340 g/mol. The van der Waals surface area contributed by atoms with E-state index in [0.717, 1.165) is 154 Å². The van der Waals surface area contributed by atoms with Crippen LogP contribution < -0.4 is 28.4 Å². The van der Waals surface area contributed by atoms with Crippen molar-refractivity contribution in [3.63, 3.8) is 0 Å². The Kier molecular flexibility index (Phi) is 46.6. The molecule has 0 fully saturated rings. The molecule has 0 aliphatic rings. The highest BCUT2D eigenvalue weighted by Crippen LogP contribution is 2.46. The quantitative estimate of drug-likeness (QED) is 0.0349. The van der Waals surface area contributed by atoms with Crippen LogP contribution in [0.1, 0.15) is 350 Å². The molecule has 94 heavy (non-hydrogen) atoms. The van der Waals surface area contributed by atoms with Gasteiger partial charge in [0.25, 0.3) is 0 Å². The predicted molar refractivity (Wildman–Crippen MR) is 404 cm³/mol. The fourth-order valence-corrected chi connectivity index (χ4v) is 14.0. The van der Waals surface area contributed by atoms with Crippen molar-refractivity contribution in [2.45, 2.75) is 350 Å². The second-order valence-electron chi connectivity index (χ2n) is 26.9. The zero-order chi connectivity index (χ0) is 66.4. The molecule has 530 valence electrons. The number of nitrogens with zero attached hydrogens (tertiary/aromatic N) is 4. The highest BCUT2D eigenvalue weighted by Gasteiger charge is 2.22. The molecule has 0 radical (unpaired) electrons. The van der Waals surface area contributed by atoms with Gasteiger partial charge in [0.15, 0.2) is 23.0 Å². The molecule has 0 unspecified atom stereocenters. The molecule has 0 saturated heterocycles. The maximum Gasteiger partial charge on any atom is 0.203 e. The summed E-state index contributed by atoms with van der Waals surface area (Å²) in [5, 5.41) is 22.7. The van der Waals surface area contributed by atoms with Crippen LogP contribution in [0, 0.1) is 0 Å². The number of aromatic nitrogens is 4. The largest absolute Gasteiger partial charge is 0.490 e. The van der Waals surface area contributed by atoms with E-state index in [-0.39, 0.29) is 0 Å². The van der Waals surface area contributed by atoms with Gasteiger partial charge in [-0.05, 0) is 68.9 Å². The van der Waals surface area contributed by atoms with E-state index in [4.69, 9.17) is 48.8 Å². The van der Waals surface area contributed by atoms with Crippen LogP contribution in [0.2, 0.25) is 0 Å². The molecule has 0 bridgehead atoms. The first kappa shape index (κ1) is 80.3. The van der Waals surface area contributed by atoms with Crippen LogP contribution in [0.4, 0.5) is 0 Å². The number of hydrogen-bond donors (Lipinski definition) is 0. The fourth-order valence-electron chi connectivity index (χ4n) is 12.3. The zero-order valence-corrected chi connectivity index (χ0v) is 62.5. The molecule has 5 aromatic rings. The lowest BCUT2D eigenvalue weighted by Crippen LogP contribution is -2.06. The molecule has 0 saturated carbocycles. The van der Waals surface area contributed by atoms with E-state index in [1.165, 1.54) is 231 Å². The zero-order valence-electron chi connectivity index (χ0n) is 60.9. The predicted octanol–water partition coefficient (Wildman–Crippen LogP) is 27.2. The molecule has 12 heteroatoms. The lowest BCUT2D eigenvalue weighted by Gasteiger charge is -2.18. The molecule has 3 aromatic carbocycles. The van der Waals surface area contributed by atoms with Crippen molar-refractivity contribution >= 4 is 22.7 Å². The summed E-state index contributed by atoms with van der Waals surface area (Å²) in [5.41, 5.74) is 3.81. The highest BCUT2D eigenvalue weighted by atomic mass is 32.1. The van der Waals surface area contributed by atoms with Gasteiger partial charge in [-0.3, -0.25) is 0 Å². The van der Waals surface area contributed by atoms with Crippen LogP contribution in [0.25, 0.3) is 42.3 Å². The van der Waals surface area contributed by atoms with Crippen LogP contribution in [0.3, 0.4) is 0 Å². The minimum Gasteiger partial charge on any atom is -0.490 e. The Labute approximate surface area is 582 Å². The van der Waals surface area contributed by atoms with Gasteiger partial charge in [-0.15, -0.1) is 20.4 Å². The molecule has 0 aliphatic carbocycles. The molecular weight excluding hydrogens is 1200 g/mol. The second-order valence-corrected chi connectivity index (χ2v) is 28.9. The summed E-state index contributed by atoms with van der Waals surface area (Å²) in [4.78, 5) is 0. The Hall–Kier alpha value is -4.42. The summed E-state index contributed by atoms with van der Waals surface area (Å²) in [6, 6.07) is 17.0. The van der Waals surface area contributed by atoms with E-state index < -0.39 is 0 Å². The maximum atomic E-state index is 6.76. The van der Waals surface area contributed by atoms with Crippen molar-refractivity contribution in [2.75, 3.05) is 39.6 Å². The lowest BCUT2D eigenvalue weighted by molar-refractivity contribution is 0.234. The third-order valence-electron chi connectivity index (χ3n) is 18.3. The Morgan fingerprint density at radius 1 is 0.223 bits per heavy atom. The van der Waals surface area contributed by atoms with Crippen molar-refractivity contribution in [2.24, 2.45) is 0 Å². The van der Waals surface area contributed by atoms with Gasteiger partial charge in [-0.25, -0.2) is 0 Å². The fraction of sp³-hybridized carbons (Fsp3) is 0.732. The van der Waals surface area contributed by atoms with Crippen molar-refractivity contribution in [3.05, 3.63) is 48.5 Å². The Morgan fingerprint density at radius 2 is 0.415 bits per heavy atom. The molecule has 5 rings (SSSR count). The van der Waals surface area contributed by atoms with Crippen molar-refractivity contribution in [1.29, 1.82) is 0 Å². The molecule has 2 heterocycles. The standard InChI is InChI=1S/C82H134N4O6S2/c1-7-13-19-25-31-37-43-49-58-87-73-65-71(66-74(88-59-50-44-38-32-26-20-14-8-2)77(73)91-62-53-47-41-35-29-23-17-11-5)81-85-83-79(93-81)69-56-55-57-70(64-69)80-84-86-82(94-80)72-67-75(89-60-51-45-39-33-27-21-15-9-3)78(92-63-54-48-42-36-30-24-18-12-6)76(68-72)90-61-52-46-40-34-28-22-16-10-4/h55-57,64-68H,7-54,58-63H2,1-6H3. The summed E-state index contributed by atoms with van der Waals surface area (Å²) in [6.45, 7) is 17.5. The highest BCUT2D eigenvalue weighted by molar-refractivity contribution is 7.18. The Balaban J connectivity index is 1.40. The lowest BCUT2D eigenvalue weighted by atomic mass is 10.1. The van der Waals surface area contributed by atoms with Crippen LogP contribution in [0.15, 0.2) is 48.5 Å². The van der Waals surface area contributed by atoms with Crippen molar-refractivity contribution in [1.82, 2.24) is 20.4 Å². The van der Waals surface area contributed by atoms with Gasteiger partial charge in [-0.2, -0.15) is 0 Å². The monoisotopic (exact) mass is 1330 g/mol.